The molecule has 22 heavy (non-hydrogen) atoms. The molecule has 2 N–H and O–H groups in total. The first-order chi connectivity index (χ1) is 10.4. The van der Waals surface area contributed by atoms with Gasteiger partial charge < -0.3 is 15.4 Å². The highest BCUT2D eigenvalue weighted by Crippen LogP contribution is 2.39. The molecular formula is C18H28N2O2. The number of anilines is 1. The monoisotopic (exact) mass is 304 g/mol. The van der Waals surface area contributed by atoms with Gasteiger partial charge in [0.2, 0.25) is 0 Å². The fourth-order valence-corrected chi connectivity index (χ4v) is 3.21. The van der Waals surface area contributed by atoms with Gasteiger partial charge in [0.05, 0.1) is 6.04 Å². The fraction of sp³-hybridized carbons (Fsp3) is 0.611. The predicted molar refractivity (Wildman–Crippen MR) is 90.0 cm³/mol. The van der Waals surface area contributed by atoms with Crippen molar-refractivity contribution in [2.75, 3.05) is 5.32 Å². The van der Waals surface area contributed by atoms with Gasteiger partial charge in [0.15, 0.2) is 0 Å². The van der Waals surface area contributed by atoms with Crippen LogP contribution in [0, 0.1) is 5.92 Å². The second kappa shape index (κ2) is 6.59. The average Bonchev–Trinajstić information content (AvgIpc) is 2.44. The molecule has 2 rings (SSSR count). The zero-order valence-corrected chi connectivity index (χ0v) is 14.3. The summed E-state index contributed by atoms with van der Waals surface area (Å²) in [4.78, 5) is 12.2. The second-order valence-electron chi connectivity index (χ2n) is 6.94. The molecule has 1 heterocycles. The van der Waals surface area contributed by atoms with E-state index < -0.39 is 5.60 Å². The van der Waals surface area contributed by atoms with Crippen LogP contribution in [-0.2, 0) is 4.74 Å². The summed E-state index contributed by atoms with van der Waals surface area (Å²) in [5.74, 6) is 0.354. The molecule has 0 fully saturated rings. The zero-order valence-electron chi connectivity index (χ0n) is 14.3. The summed E-state index contributed by atoms with van der Waals surface area (Å²) in [5, 5.41) is 6.70. The topological polar surface area (TPSA) is 50.4 Å². The number of alkyl carbamates (subject to hydrolysis) is 1. The van der Waals surface area contributed by atoms with Crippen molar-refractivity contribution in [1.82, 2.24) is 5.32 Å². The normalized spacial score (nSPS) is 24.1. The molecule has 0 bridgehead atoms. The van der Waals surface area contributed by atoms with Gasteiger partial charge in [-0.2, -0.15) is 0 Å². The third-order valence-electron chi connectivity index (χ3n) is 4.17. The highest BCUT2D eigenvalue weighted by atomic mass is 16.6. The minimum atomic E-state index is -0.484. The number of para-hydroxylation sites is 1. The Morgan fingerprint density at radius 3 is 2.50 bits per heavy atom. The van der Waals surface area contributed by atoms with Crippen molar-refractivity contribution in [3.8, 4) is 0 Å². The van der Waals surface area contributed by atoms with Gasteiger partial charge in [-0.3, -0.25) is 0 Å². The third kappa shape index (κ3) is 3.73. The van der Waals surface area contributed by atoms with Crippen molar-refractivity contribution >= 4 is 11.8 Å². The highest BCUT2D eigenvalue weighted by Gasteiger charge is 2.36. The van der Waals surface area contributed by atoms with E-state index in [1.165, 1.54) is 0 Å². The number of amides is 1. The summed E-state index contributed by atoms with van der Waals surface area (Å²) in [6.07, 6.45) is 1.68. The number of nitrogens with one attached hydrogen (secondary N) is 2. The van der Waals surface area contributed by atoms with E-state index >= 15 is 0 Å². The molecule has 0 saturated heterocycles. The van der Waals surface area contributed by atoms with E-state index in [0.717, 1.165) is 24.1 Å². The maximum absolute atomic E-state index is 12.2. The van der Waals surface area contributed by atoms with E-state index in [2.05, 4.69) is 36.6 Å². The molecule has 4 heteroatoms. The molecule has 1 aliphatic heterocycles. The Morgan fingerprint density at radius 1 is 1.23 bits per heavy atom. The van der Waals surface area contributed by atoms with E-state index in [0.29, 0.717) is 12.0 Å². The molecule has 4 nitrogen and oxygen atoms in total. The van der Waals surface area contributed by atoms with E-state index in [1.54, 1.807) is 0 Å². The third-order valence-corrected chi connectivity index (χ3v) is 4.17. The standard InChI is InChI=1S/C18H28N2O2/c1-6-12-14(7-2)19-15-11-9-8-10-13(15)16(12)20-17(21)22-18(3,4)5/h8-12,14,16,19H,6-7H2,1-5H3,(H,20,21)/t12-,14?,16?/m0/s1. The van der Waals surface area contributed by atoms with Crippen LogP contribution in [0.5, 0.6) is 0 Å². The van der Waals surface area contributed by atoms with Gasteiger partial charge in [-0.25, -0.2) is 4.79 Å². The number of carbonyl (C=O) groups excluding carboxylic acids is 1. The number of carbonyl (C=O) groups is 1. The Balaban J connectivity index is 2.27. The van der Waals surface area contributed by atoms with Crippen LogP contribution >= 0.6 is 0 Å². The molecule has 1 aromatic rings. The molecule has 0 spiro atoms. The van der Waals surface area contributed by atoms with E-state index in [9.17, 15) is 4.79 Å². The van der Waals surface area contributed by atoms with Gasteiger partial charge in [0.25, 0.3) is 0 Å². The first-order valence-electron chi connectivity index (χ1n) is 8.20. The van der Waals surface area contributed by atoms with Crippen LogP contribution in [0.25, 0.3) is 0 Å². The van der Waals surface area contributed by atoms with Crippen molar-refractivity contribution in [2.24, 2.45) is 5.92 Å². The molecule has 2 unspecified atom stereocenters. The fourth-order valence-electron chi connectivity index (χ4n) is 3.21. The summed E-state index contributed by atoms with van der Waals surface area (Å²) in [6, 6.07) is 8.55. The Labute approximate surface area is 133 Å². The lowest BCUT2D eigenvalue weighted by atomic mass is 9.80. The lowest BCUT2D eigenvalue weighted by Crippen LogP contribution is -2.45. The molecule has 1 amide bonds. The van der Waals surface area contributed by atoms with Gasteiger partial charge >= 0.3 is 6.09 Å². The summed E-state index contributed by atoms with van der Waals surface area (Å²) in [6.45, 7) is 10.0. The van der Waals surface area contributed by atoms with Gasteiger partial charge in [0.1, 0.15) is 5.60 Å². The lowest BCUT2D eigenvalue weighted by Gasteiger charge is -2.40. The van der Waals surface area contributed by atoms with Crippen molar-refractivity contribution in [1.29, 1.82) is 0 Å². The minimum Gasteiger partial charge on any atom is -0.444 e. The first kappa shape index (κ1) is 16.7. The lowest BCUT2D eigenvalue weighted by molar-refractivity contribution is 0.0477. The number of hydrogen-bond acceptors (Lipinski definition) is 3. The number of hydrogen-bond donors (Lipinski definition) is 2. The molecule has 1 aromatic carbocycles. The van der Waals surface area contributed by atoms with Crippen molar-refractivity contribution in [3.05, 3.63) is 29.8 Å². The predicted octanol–water partition coefficient (Wildman–Crippen LogP) is 4.48. The second-order valence-corrected chi connectivity index (χ2v) is 6.94. The van der Waals surface area contributed by atoms with E-state index in [-0.39, 0.29) is 12.1 Å². The zero-order chi connectivity index (χ0) is 16.3. The Kier molecular flexibility index (Phi) is 4.99. The van der Waals surface area contributed by atoms with Gasteiger partial charge in [0, 0.05) is 17.6 Å². The quantitative estimate of drug-likeness (QED) is 0.865. The van der Waals surface area contributed by atoms with Crippen LogP contribution in [0.15, 0.2) is 24.3 Å². The number of fused-ring (bicyclic) bond motifs is 1. The largest absolute Gasteiger partial charge is 0.444 e. The molecule has 0 aromatic heterocycles. The maximum Gasteiger partial charge on any atom is 0.408 e. The van der Waals surface area contributed by atoms with E-state index in [1.807, 2.05) is 32.9 Å². The Morgan fingerprint density at radius 2 is 1.91 bits per heavy atom. The summed E-state index contributed by atoms with van der Waals surface area (Å²) >= 11 is 0. The molecule has 3 atom stereocenters. The van der Waals surface area contributed by atoms with Crippen LogP contribution in [0.1, 0.15) is 59.1 Å². The SMILES string of the molecule is CCC1Nc2ccccc2C(NC(=O)OC(C)(C)C)[C@H]1CC. The van der Waals surface area contributed by atoms with Crippen LogP contribution in [0.3, 0.4) is 0 Å². The smallest absolute Gasteiger partial charge is 0.408 e. The van der Waals surface area contributed by atoms with Gasteiger partial charge in [-0.1, -0.05) is 32.0 Å². The van der Waals surface area contributed by atoms with Crippen LogP contribution in [-0.4, -0.2) is 17.7 Å². The number of ether oxygens (including phenoxy) is 1. The van der Waals surface area contributed by atoms with Crippen LogP contribution in [0.4, 0.5) is 10.5 Å². The molecule has 0 saturated carbocycles. The maximum atomic E-state index is 12.2. The average molecular weight is 304 g/mol. The molecule has 0 radical (unpaired) electrons. The first-order valence-corrected chi connectivity index (χ1v) is 8.20. The summed E-state index contributed by atoms with van der Waals surface area (Å²) in [7, 11) is 0. The Bertz CT molecular complexity index is 522. The molecule has 122 valence electrons. The Hall–Kier alpha value is -1.71. The van der Waals surface area contributed by atoms with Gasteiger partial charge in [-0.15, -0.1) is 0 Å². The van der Waals surface area contributed by atoms with Crippen LogP contribution < -0.4 is 10.6 Å². The summed E-state index contributed by atoms with van der Waals surface area (Å²) in [5.41, 5.74) is 1.77. The van der Waals surface area contributed by atoms with E-state index in [4.69, 9.17) is 4.74 Å². The van der Waals surface area contributed by atoms with Crippen molar-refractivity contribution < 1.29 is 9.53 Å². The molecule has 1 aliphatic rings. The minimum absolute atomic E-state index is 0.0118. The number of rotatable bonds is 3. The van der Waals surface area contributed by atoms with Gasteiger partial charge in [-0.05, 0) is 45.2 Å². The summed E-state index contributed by atoms with van der Waals surface area (Å²) < 4.78 is 5.45. The number of benzene rings is 1. The van der Waals surface area contributed by atoms with Crippen molar-refractivity contribution in [2.45, 2.75) is 65.1 Å². The highest BCUT2D eigenvalue weighted by molar-refractivity contribution is 5.70. The molecular weight excluding hydrogens is 276 g/mol. The van der Waals surface area contributed by atoms with Crippen molar-refractivity contribution in [3.63, 3.8) is 0 Å². The van der Waals surface area contributed by atoms with Crippen LogP contribution in [0.2, 0.25) is 0 Å². The molecule has 0 aliphatic carbocycles.